The van der Waals surface area contributed by atoms with E-state index >= 15 is 0 Å². The summed E-state index contributed by atoms with van der Waals surface area (Å²) in [7, 11) is 0. The highest BCUT2D eigenvalue weighted by atomic mass is 35.5. The summed E-state index contributed by atoms with van der Waals surface area (Å²) in [5.74, 6) is 0.344. The number of fused-ring (bicyclic) bond motifs is 1. The SMILES string of the molecule is N=C1NC(=O)C(=Cc2cc(Cl)ccc2OCc2cccc3ccccc23)S1. The van der Waals surface area contributed by atoms with Gasteiger partial charge < -0.3 is 10.1 Å². The van der Waals surface area contributed by atoms with E-state index in [2.05, 4.69) is 23.5 Å². The molecular formula is C21H15ClN2O2S. The Hall–Kier alpha value is -2.76. The third-order valence-electron chi connectivity index (χ3n) is 4.18. The number of rotatable bonds is 4. The predicted octanol–water partition coefficient (Wildman–Crippen LogP) is 5.21. The van der Waals surface area contributed by atoms with Crippen molar-refractivity contribution in [1.29, 1.82) is 5.41 Å². The molecule has 134 valence electrons. The van der Waals surface area contributed by atoms with Crippen LogP contribution in [0.5, 0.6) is 5.75 Å². The molecule has 2 N–H and O–H groups in total. The summed E-state index contributed by atoms with van der Waals surface area (Å²) in [6.45, 7) is 0.397. The minimum absolute atomic E-state index is 0.117. The Morgan fingerprint density at radius 3 is 2.74 bits per heavy atom. The molecule has 27 heavy (non-hydrogen) atoms. The Labute approximate surface area is 165 Å². The predicted molar refractivity (Wildman–Crippen MR) is 111 cm³/mol. The fraction of sp³-hybridized carbons (Fsp3) is 0.0476. The van der Waals surface area contributed by atoms with Crippen LogP contribution in [-0.2, 0) is 11.4 Å². The number of hydrogen-bond donors (Lipinski definition) is 2. The molecule has 0 aliphatic carbocycles. The lowest BCUT2D eigenvalue weighted by atomic mass is 10.1. The van der Waals surface area contributed by atoms with Crippen molar-refractivity contribution < 1.29 is 9.53 Å². The number of benzene rings is 3. The largest absolute Gasteiger partial charge is 0.488 e. The summed E-state index contributed by atoms with van der Waals surface area (Å²) in [6.07, 6.45) is 1.70. The normalized spacial score (nSPS) is 15.4. The van der Waals surface area contributed by atoms with Gasteiger partial charge in [-0.2, -0.15) is 0 Å². The van der Waals surface area contributed by atoms with E-state index in [1.165, 1.54) is 0 Å². The van der Waals surface area contributed by atoms with Gasteiger partial charge in [0.25, 0.3) is 5.91 Å². The first-order chi connectivity index (χ1) is 13.1. The molecule has 0 atom stereocenters. The fourth-order valence-corrected chi connectivity index (χ4v) is 3.79. The summed E-state index contributed by atoms with van der Waals surface area (Å²) < 4.78 is 6.06. The molecule has 1 saturated heterocycles. The van der Waals surface area contributed by atoms with E-state index in [1.807, 2.05) is 24.3 Å². The van der Waals surface area contributed by atoms with E-state index in [4.69, 9.17) is 21.7 Å². The third-order valence-corrected chi connectivity index (χ3v) is 5.25. The molecule has 1 aliphatic heterocycles. The zero-order valence-electron chi connectivity index (χ0n) is 14.2. The van der Waals surface area contributed by atoms with Crippen molar-refractivity contribution in [1.82, 2.24) is 5.32 Å². The standard InChI is InChI=1S/C21H15ClN2O2S/c22-16-8-9-18(15(10-16)11-19-20(25)24-21(23)27-19)26-12-14-6-3-5-13-4-1-2-7-17(13)14/h1-11H,12H2,(H2,23,24,25). The van der Waals surface area contributed by atoms with Crippen molar-refractivity contribution in [2.75, 3.05) is 0 Å². The van der Waals surface area contributed by atoms with Gasteiger partial charge in [-0.1, -0.05) is 54.1 Å². The summed E-state index contributed by atoms with van der Waals surface area (Å²) in [6, 6.07) is 19.6. The monoisotopic (exact) mass is 394 g/mol. The van der Waals surface area contributed by atoms with Crippen LogP contribution < -0.4 is 10.1 Å². The van der Waals surface area contributed by atoms with Crippen molar-refractivity contribution in [2.24, 2.45) is 0 Å². The van der Waals surface area contributed by atoms with E-state index < -0.39 is 0 Å². The van der Waals surface area contributed by atoms with E-state index in [1.54, 1.807) is 24.3 Å². The average Bonchev–Trinajstić information content (AvgIpc) is 2.98. The van der Waals surface area contributed by atoms with Crippen LogP contribution in [0, 0.1) is 5.41 Å². The molecule has 4 nitrogen and oxygen atoms in total. The van der Waals surface area contributed by atoms with E-state index in [0.717, 1.165) is 28.1 Å². The van der Waals surface area contributed by atoms with Crippen LogP contribution in [0.15, 0.2) is 65.6 Å². The number of hydrogen-bond acceptors (Lipinski definition) is 4. The number of amidine groups is 1. The Kier molecular flexibility index (Phi) is 4.88. The molecule has 0 aromatic heterocycles. The molecule has 0 saturated carbocycles. The molecule has 3 aromatic carbocycles. The maximum atomic E-state index is 11.9. The van der Waals surface area contributed by atoms with Crippen molar-refractivity contribution >= 4 is 51.3 Å². The number of amides is 1. The average molecular weight is 395 g/mol. The fourth-order valence-electron chi connectivity index (χ4n) is 2.92. The quantitative estimate of drug-likeness (QED) is 0.597. The van der Waals surface area contributed by atoms with Crippen LogP contribution >= 0.6 is 23.4 Å². The number of carbonyl (C=O) groups excluding carboxylic acids is 1. The van der Waals surface area contributed by atoms with Gasteiger partial charge in [0.1, 0.15) is 12.4 Å². The highest BCUT2D eigenvalue weighted by Crippen LogP contribution is 2.31. The van der Waals surface area contributed by atoms with Crippen LogP contribution in [0.4, 0.5) is 0 Å². The van der Waals surface area contributed by atoms with E-state index in [9.17, 15) is 4.79 Å². The Balaban J connectivity index is 1.64. The van der Waals surface area contributed by atoms with Crippen LogP contribution in [0.2, 0.25) is 5.02 Å². The van der Waals surface area contributed by atoms with Gasteiger partial charge in [-0.05, 0) is 52.4 Å². The molecule has 0 spiro atoms. The van der Waals surface area contributed by atoms with Gasteiger partial charge in [-0.3, -0.25) is 10.2 Å². The lowest BCUT2D eigenvalue weighted by Crippen LogP contribution is -2.18. The molecule has 1 fully saturated rings. The van der Waals surface area contributed by atoms with Gasteiger partial charge in [0.2, 0.25) is 0 Å². The Morgan fingerprint density at radius 1 is 1.11 bits per heavy atom. The topological polar surface area (TPSA) is 62.2 Å². The smallest absolute Gasteiger partial charge is 0.264 e. The second-order valence-electron chi connectivity index (χ2n) is 6.00. The Morgan fingerprint density at radius 2 is 1.93 bits per heavy atom. The third kappa shape index (κ3) is 3.84. The molecular weight excluding hydrogens is 380 g/mol. The maximum absolute atomic E-state index is 11.9. The van der Waals surface area contributed by atoms with Crippen molar-refractivity contribution in [3.8, 4) is 5.75 Å². The second-order valence-corrected chi connectivity index (χ2v) is 7.49. The van der Waals surface area contributed by atoms with Gasteiger partial charge >= 0.3 is 0 Å². The number of halogens is 1. The summed E-state index contributed by atoms with van der Waals surface area (Å²) in [4.78, 5) is 12.3. The first kappa shape index (κ1) is 17.6. The molecule has 0 unspecified atom stereocenters. The van der Waals surface area contributed by atoms with Gasteiger partial charge in [0, 0.05) is 10.6 Å². The molecule has 1 amide bonds. The van der Waals surface area contributed by atoms with Gasteiger partial charge in [-0.25, -0.2) is 0 Å². The molecule has 3 aromatic rings. The molecule has 0 radical (unpaired) electrons. The van der Waals surface area contributed by atoms with Crippen molar-refractivity contribution in [3.63, 3.8) is 0 Å². The number of ether oxygens (including phenoxy) is 1. The Bertz CT molecular complexity index is 1090. The number of thioether (sulfide) groups is 1. The van der Waals surface area contributed by atoms with E-state index in [0.29, 0.717) is 27.8 Å². The molecule has 1 heterocycles. The minimum Gasteiger partial charge on any atom is -0.488 e. The van der Waals surface area contributed by atoms with E-state index in [-0.39, 0.29) is 11.1 Å². The first-order valence-electron chi connectivity index (χ1n) is 8.28. The maximum Gasteiger partial charge on any atom is 0.264 e. The summed E-state index contributed by atoms with van der Waals surface area (Å²) in [5.41, 5.74) is 1.78. The number of nitrogens with one attached hydrogen (secondary N) is 2. The van der Waals surface area contributed by atoms with Crippen LogP contribution in [0.25, 0.3) is 16.8 Å². The molecule has 0 bridgehead atoms. The summed E-state index contributed by atoms with van der Waals surface area (Å²) >= 11 is 7.21. The van der Waals surface area contributed by atoms with Gasteiger partial charge in [0.15, 0.2) is 5.17 Å². The van der Waals surface area contributed by atoms with Gasteiger partial charge in [-0.15, -0.1) is 0 Å². The second kappa shape index (κ2) is 7.47. The molecule has 4 rings (SSSR count). The highest BCUT2D eigenvalue weighted by Gasteiger charge is 2.22. The molecule has 6 heteroatoms. The zero-order chi connectivity index (χ0) is 18.8. The lowest BCUT2D eigenvalue weighted by molar-refractivity contribution is -0.115. The minimum atomic E-state index is -0.287. The van der Waals surface area contributed by atoms with Gasteiger partial charge in [0.05, 0.1) is 4.91 Å². The lowest BCUT2D eigenvalue weighted by Gasteiger charge is -2.12. The summed E-state index contributed by atoms with van der Waals surface area (Å²) in [5, 5.41) is 13.0. The van der Waals surface area contributed by atoms with Crippen LogP contribution in [0.3, 0.4) is 0 Å². The molecule has 1 aliphatic rings. The van der Waals surface area contributed by atoms with Crippen molar-refractivity contribution in [3.05, 3.63) is 81.7 Å². The first-order valence-corrected chi connectivity index (χ1v) is 9.48. The van der Waals surface area contributed by atoms with Crippen molar-refractivity contribution in [2.45, 2.75) is 6.61 Å². The van der Waals surface area contributed by atoms with Crippen LogP contribution in [0.1, 0.15) is 11.1 Å². The van der Waals surface area contributed by atoms with Crippen LogP contribution in [-0.4, -0.2) is 11.1 Å². The highest BCUT2D eigenvalue weighted by molar-refractivity contribution is 8.18. The number of carbonyl (C=O) groups is 1. The zero-order valence-corrected chi connectivity index (χ0v) is 15.7.